The van der Waals surface area contributed by atoms with Crippen molar-refractivity contribution in [3.05, 3.63) is 0 Å². The van der Waals surface area contributed by atoms with E-state index in [9.17, 15) is 4.79 Å². The van der Waals surface area contributed by atoms with E-state index in [1.54, 1.807) is 0 Å². The Hall–Kier alpha value is -0.610. The SMILES string of the molecule is CC(C)CC(C)OC(C(=O)NN)C(C)C. The second-order valence-electron chi connectivity index (χ2n) is 4.75. The minimum Gasteiger partial charge on any atom is -0.365 e. The van der Waals surface area contributed by atoms with Gasteiger partial charge in [0.2, 0.25) is 0 Å². The summed E-state index contributed by atoms with van der Waals surface area (Å²) in [6.45, 7) is 10.1. The maximum atomic E-state index is 11.4. The summed E-state index contributed by atoms with van der Waals surface area (Å²) in [6.07, 6.45) is 0.569. The molecule has 0 aliphatic rings. The zero-order chi connectivity index (χ0) is 12.0. The molecule has 0 aromatic rings. The van der Waals surface area contributed by atoms with Gasteiger partial charge in [0.25, 0.3) is 5.91 Å². The van der Waals surface area contributed by atoms with E-state index in [2.05, 4.69) is 19.3 Å². The third-order valence-electron chi connectivity index (χ3n) is 2.19. The van der Waals surface area contributed by atoms with Crippen molar-refractivity contribution >= 4 is 5.91 Å². The molecule has 0 rings (SSSR count). The molecule has 90 valence electrons. The van der Waals surface area contributed by atoms with Crippen molar-refractivity contribution < 1.29 is 9.53 Å². The Labute approximate surface area is 92.5 Å². The molecular weight excluding hydrogens is 192 g/mol. The first-order valence-corrected chi connectivity index (χ1v) is 5.54. The average molecular weight is 216 g/mol. The van der Waals surface area contributed by atoms with Crippen LogP contribution in [0.5, 0.6) is 0 Å². The molecule has 4 nitrogen and oxygen atoms in total. The highest BCUT2D eigenvalue weighted by molar-refractivity contribution is 5.80. The third kappa shape index (κ3) is 5.74. The van der Waals surface area contributed by atoms with Gasteiger partial charge in [-0.05, 0) is 25.2 Å². The number of nitrogens with two attached hydrogens (primary N) is 1. The summed E-state index contributed by atoms with van der Waals surface area (Å²) >= 11 is 0. The van der Waals surface area contributed by atoms with Gasteiger partial charge in [-0.25, -0.2) is 5.84 Å². The largest absolute Gasteiger partial charge is 0.365 e. The van der Waals surface area contributed by atoms with E-state index in [0.29, 0.717) is 5.92 Å². The third-order valence-corrected chi connectivity index (χ3v) is 2.19. The molecule has 2 unspecified atom stereocenters. The smallest absolute Gasteiger partial charge is 0.263 e. The van der Waals surface area contributed by atoms with Gasteiger partial charge in [0.1, 0.15) is 6.10 Å². The van der Waals surface area contributed by atoms with Gasteiger partial charge >= 0.3 is 0 Å². The fourth-order valence-corrected chi connectivity index (χ4v) is 1.57. The van der Waals surface area contributed by atoms with Crippen LogP contribution in [-0.2, 0) is 9.53 Å². The first-order chi connectivity index (χ1) is 6.88. The first kappa shape index (κ1) is 14.4. The topological polar surface area (TPSA) is 64.3 Å². The van der Waals surface area contributed by atoms with Crippen molar-refractivity contribution in [3.8, 4) is 0 Å². The molecule has 0 aliphatic heterocycles. The van der Waals surface area contributed by atoms with Crippen LogP contribution in [0.15, 0.2) is 0 Å². The zero-order valence-electron chi connectivity index (χ0n) is 10.4. The number of carbonyl (C=O) groups is 1. The second-order valence-corrected chi connectivity index (χ2v) is 4.75. The van der Waals surface area contributed by atoms with E-state index in [1.807, 2.05) is 20.8 Å². The molecule has 0 radical (unpaired) electrons. The van der Waals surface area contributed by atoms with E-state index in [1.165, 1.54) is 0 Å². The Morgan fingerprint density at radius 3 is 2.13 bits per heavy atom. The van der Waals surface area contributed by atoms with Crippen molar-refractivity contribution in [2.45, 2.75) is 53.2 Å². The van der Waals surface area contributed by atoms with Crippen LogP contribution in [-0.4, -0.2) is 18.1 Å². The molecule has 0 aliphatic carbocycles. The van der Waals surface area contributed by atoms with Crippen LogP contribution >= 0.6 is 0 Å². The number of rotatable bonds is 6. The molecule has 4 heteroatoms. The minimum absolute atomic E-state index is 0.0784. The fourth-order valence-electron chi connectivity index (χ4n) is 1.57. The van der Waals surface area contributed by atoms with Gasteiger partial charge in [-0.15, -0.1) is 0 Å². The monoisotopic (exact) mass is 216 g/mol. The zero-order valence-corrected chi connectivity index (χ0v) is 10.4. The Balaban J connectivity index is 4.22. The number of amides is 1. The molecule has 0 spiro atoms. The quantitative estimate of drug-likeness (QED) is 0.401. The predicted octanol–water partition coefficient (Wildman–Crippen LogP) is 1.45. The van der Waals surface area contributed by atoms with Gasteiger partial charge in [-0.1, -0.05) is 27.7 Å². The first-order valence-electron chi connectivity index (χ1n) is 5.54. The van der Waals surface area contributed by atoms with Crippen LogP contribution in [0.3, 0.4) is 0 Å². The normalized spacial score (nSPS) is 15.5. The molecule has 1 amide bonds. The van der Waals surface area contributed by atoms with Crippen LogP contribution < -0.4 is 11.3 Å². The van der Waals surface area contributed by atoms with Crippen molar-refractivity contribution in [2.24, 2.45) is 17.7 Å². The van der Waals surface area contributed by atoms with E-state index >= 15 is 0 Å². The maximum Gasteiger partial charge on any atom is 0.263 e. The van der Waals surface area contributed by atoms with E-state index in [0.717, 1.165) is 6.42 Å². The van der Waals surface area contributed by atoms with E-state index in [-0.39, 0.29) is 17.9 Å². The lowest BCUT2D eigenvalue weighted by Gasteiger charge is -2.24. The highest BCUT2D eigenvalue weighted by Gasteiger charge is 2.24. The van der Waals surface area contributed by atoms with E-state index in [4.69, 9.17) is 10.6 Å². The number of hydrogen-bond acceptors (Lipinski definition) is 3. The van der Waals surface area contributed by atoms with Crippen molar-refractivity contribution in [1.29, 1.82) is 0 Å². The molecule has 0 fully saturated rings. The average Bonchev–Trinajstić information content (AvgIpc) is 2.11. The Kier molecular flexibility index (Phi) is 6.52. The van der Waals surface area contributed by atoms with Crippen LogP contribution in [0.25, 0.3) is 0 Å². The highest BCUT2D eigenvalue weighted by atomic mass is 16.5. The van der Waals surface area contributed by atoms with Gasteiger partial charge in [0.05, 0.1) is 6.10 Å². The fraction of sp³-hybridized carbons (Fsp3) is 0.909. The van der Waals surface area contributed by atoms with Crippen molar-refractivity contribution in [3.63, 3.8) is 0 Å². The highest BCUT2D eigenvalue weighted by Crippen LogP contribution is 2.14. The van der Waals surface area contributed by atoms with Gasteiger partial charge < -0.3 is 4.74 Å². The summed E-state index contributed by atoms with van der Waals surface area (Å²) in [5.41, 5.74) is 2.14. The molecule has 3 N–H and O–H groups in total. The molecule has 0 heterocycles. The minimum atomic E-state index is -0.455. The molecule has 0 aromatic heterocycles. The van der Waals surface area contributed by atoms with Gasteiger partial charge in [0.15, 0.2) is 0 Å². The van der Waals surface area contributed by atoms with Crippen LogP contribution in [0, 0.1) is 11.8 Å². The summed E-state index contributed by atoms with van der Waals surface area (Å²) in [5, 5.41) is 0. The molecule has 15 heavy (non-hydrogen) atoms. The van der Waals surface area contributed by atoms with Crippen LogP contribution in [0.4, 0.5) is 0 Å². The Bertz CT molecular complexity index is 193. The number of carbonyl (C=O) groups excluding carboxylic acids is 1. The van der Waals surface area contributed by atoms with Crippen molar-refractivity contribution in [2.75, 3.05) is 0 Å². The summed E-state index contributed by atoms with van der Waals surface area (Å²) in [5.74, 6) is 5.55. The summed E-state index contributed by atoms with van der Waals surface area (Å²) < 4.78 is 5.68. The number of ether oxygens (including phenoxy) is 1. The van der Waals surface area contributed by atoms with Crippen LogP contribution in [0.1, 0.15) is 41.0 Å². The molecular formula is C11H24N2O2. The maximum absolute atomic E-state index is 11.4. The predicted molar refractivity (Wildman–Crippen MR) is 61.0 cm³/mol. The lowest BCUT2D eigenvalue weighted by atomic mass is 10.0. The molecule has 0 bridgehead atoms. The lowest BCUT2D eigenvalue weighted by Crippen LogP contribution is -2.44. The summed E-state index contributed by atoms with van der Waals surface area (Å²) in [6, 6.07) is 0. The van der Waals surface area contributed by atoms with Gasteiger partial charge in [-0.3, -0.25) is 10.2 Å². The van der Waals surface area contributed by atoms with Crippen molar-refractivity contribution in [1.82, 2.24) is 5.43 Å². The number of nitrogens with one attached hydrogen (secondary N) is 1. The lowest BCUT2D eigenvalue weighted by molar-refractivity contribution is -0.140. The van der Waals surface area contributed by atoms with Gasteiger partial charge in [0, 0.05) is 0 Å². The van der Waals surface area contributed by atoms with Gasteiger partial charge in [-0.2, -0.15) is 0 Å². The second kappa shape index (κ2) is 6.80. The van der Waals surface area contributed by atoms with Crippen LogP contribution in [0.2, 0.25) is 0 Å². The Morgan fingerprint density at radius 2 is 1.80 bits per heavy atom. The summed E-state index contributed by atoms with van der Waals surface area (Å²) in [7, 11) is 0. The number of hydrazine groups is 1. The van der Waals surface area contributed by atoms with E-state index < -0.39 is 6.10 Å². The molecule has 0 saturated heterocycles. The standard InChI is InChI=1S/C11H24N2O2/c1-7(2)6-9(5)15-10(8(3)4)11(14)13-12/h7-10H,6,12H2,1-5H3,(H,13,14). The Morgan fingerprint density at radius 1 is 1.27 bits per heavy atom. The molecule has 0 saturated carbocycles. The molecule has 0 aromatic carbocycles. The summed E-state index contributed by atoms with van der Waals surface area (Å²) in [4.78, 5) is 11.4. The number of hydrogen-bond donors (Lipinski definition) is 2. The molecule has 2 atom stereocenters.